The van der Waals surface area contributed by atoms with Crippen LogP contribution in [-0.2, 0) is 19.4 Å². The molecule has 0 unspecified atom stereocenters. The first kappa shape index (κ1) is 20.1. The number of hydrogen-bond acceptors (Lipinski definition) is 3. The molecular weight excluding hydrogens is 366 g/mol. The van der Waals surface area contributed by atoms with E-state index in [2.05, 4.69) is 31.1 Å². The largest absolute Gasteiger partial charge is 0.338 e. The lowest BCUT2D eigenvalue weighted by Crippen LogP contribution is -2.88. The van der Waals surface area contributed by atoms with E-state index in [4.69, 9.17) is 4.98 Å². The molecule has 4 nitrogen and oxygen atoms in total. The zero-order valence-corrected chi connectivity index (χ0v) is 18.6. The van der Waals surface area contributed by atoms with E-state index in [0.29, 0.717) is 17.4 Å². The van der Waals surface area contributed by atoms with Crippen LogP contribution >= 0.6 is 11.3 Å². The number of H-pyrrole nitrogens is 1. The van der Waals surface area contributed by atoms with Crippen molar-refractivity contribution in [2.75, 3.05) is 0 Å². The minimum Gasteiger partial charge on any atom is -0.338 e. The molecule has 0 radical (unpaired) electrons. The van der Waals surface area contributed by atoms with Crippen LogP contribution in [0.25, 0.3) is 10.2 Å². The standard InChI is InChI=1S/C23H35N3OS/c1-23(2,3)15-11-12-17-18(13-15)28-22-20(17)21(27)25-19(26-22)14-24-16-9-7-5-4-6-8-10-16/h15-16,24H,4-14H2,1-3H3,(H,25,26,27)/p+1/t15-/m1/s1. The van der Waals surface area contributed by atoms with Gasteiger partial charge in [-0.2, -0.15) is 0 Å². The SMILES string of the molecule is CC(C)(C)[C@@H]1CCc2c(sc3nc(C[NH2+]C4CCCCCCC4)[nH]c(=O)c23)C1. The summed E-state index contributed by atoms with van der Waals surface area (Å²) in [6.45, 7) is 7.81. The van der Waals surface area contributed by atoms with Crippen LogP contribution < -0.4 is 10.9 Å². The molecular formula is C23H36N3OS+. The van der Waals surface area contributed by atoms with Gasteiger partial charge in [-0.15, -0.1) is 11.3 Å². The van der Waals surface area contributed by atoms with Crippen LogP contribution in [0.1, 0.15) is 88.4 Å². The topological polar surface area (TPSA) is 62.4 Å². The number of nitrogens with one attached hydrogen (secondary N) is 1. The number of aryl methyl sites for hydroxylation is 1. The fourth-order valence-corrected chi connectivity index (χ4v) is 6.39. The third-order valence-electron chi connectivity index (χ3n) is 6.99. The monoisotopic (exact) mass is 402 g/mol. The number of quaternary nitrogens is 1. The summed E-state index contributed by atoms with van der Waals surface area (Å²) in [5.41, 5.74) is 1.69. The van der Waals surface area contributed by atoms with E-state index in [1.54, 1.807) is 11.3 Å². The number of rotatable bonds is 3. The molecule has 0 bridgehead atoms. The van der Waals surface area contributed by atoms with Crippen LogP contribution in [0.15, 0.2) is 4.79 Å². The highest BCUT2D eigenvalue weighted by atomic mass is 32.1. The number of aromatic amines is 1. The van der Waals surface area contributed by atoms with Gasteiger partial charge in [0.1, 0.15) is 11.4 Å². The molecule has 0 aromatic carbocycles. The first-order chi connectivity index (χ1) is 13.4. The maximum atomic E-state index is 12.9. The molecule has 2 aromatic heterocycles. The van der Waals surface area contributed by atoms with E-state index in [9.17, 15) is 4.79 Å². The Hall–Kier alpha value is -1.20. The summed E-state index contributed by atoms with van der Waals surface area (Å²) in [7, 11) is 0. The van der Waals surface area contributed by atoms with Crippen LogP contribution in [0.4, 0.5) is 0 Å². The van der Waals surface area contributed by atoms with Crippen LogP contribution in [0.3, 0.4) is 0 Å². The van der Waals surface area contributed by atoms with E-state index in [1.165, 1.54) is 61.8 Å². The predicted molar refractivity (Wildman–Crippen MR) is 117 cm³/mol. The Morgan fingerprint density at radius 1 is 1.11 bits per heavy atom. The smallest absolute Gasteiger partial charge is 0.260 e. The molecule has 154 valence electrons. The van der Waals surface area contributed by atoms with Crippen molar-refractivity contribution < 1.29 is 5.32 Å². The number of fused-ring (bicyclic) bond motifs is 3. The second-order valence-corrected chi connectivity index (χ2v) is 11.1. The Balaban J connectivity index is 1.52. The Kier molecular flexibility index (Phi) is 5.93. The summed E-state index contributed by atoms with van der Waals surface area (Å²) in [6, 6.07) is 0.686. The lowest BCUT2D eigenvalue weighted by molar-refractivity contribution is -0.706. The maximum absolute atomic E-state index is 12.9. The molecule has 2 aromatic rings. The van der Waals surface area contributed by atoms with Crippen LogP contribution in [0, 0.1) is 11.3 Å². The predicted octanol–water partition coefficient (Wildman–Crippen LogP) is 4.31. The lowest BCUT2D eigenvalue weighted by Gasteiger charge is -2.33. The van der Waals surface area contributed by atoms with E-state index >= 15 is 0 Å². The molecule has 2 heterocycles. The van der Waals surface area contributed by atoms with Gasteiger partial charge in [0.15, 0.2) is 5.82 Å². The second kappa shape index (κ2) is 8.27. The zero-order valence-electron chi connectivity index (χ0n) is 17.8. The zero-order chi connectivity index (χ0) is 19.7. The van der Waals surface area contributed by atoms with Gasteiger partial charge in [0.25, 0.3) is 5.56 Å². The number of nitrogens with zero attached hydrogens (tertiary/aromatic N) is 1. The average Bonchev–Trinajstić information content (AvgIpc) is 2.98. The second-order valence-electron chi connectivity index (χ2n) is 10.0. The minimum absolute atomic E-state index is 0.0813. The summed E-state index contributed by atoms with van der Waals surface area (Å²) in [4.78, 5) is 23.2. The summed E-state index contributed by atoms with van der Waals surface area (Å²) in [6.07, 6.45) is 12.7. The van der Waals surface area contributed by atoms with Gasteiger partial charge in [-0.25, -0.2) is 4.98 Å². The molecule has 5 heteroatoms. The van der Waals surface area contributed by atoms with Crippen LogP contribution in [0.5, 0.6) is 0 Å². The molecule has 0 spiro atoms. The van der Waals surface area contributed by atoms with Gasteiger partial charge in [0.05, 0.1) is 11.4 Å². The first-order valence-corrected chi connectivity index (χ1v) is 12.1. The summed E-state index contributed by atoms with van der Waals surface area (Å²) < 4.78 is 0. The molecule has 2 aliphatic rings. The Morgan fingerprint density at radius 2 is 1.82 bits per heavy atom. The van der Waals surface area contributed by atoms with Gasteiger partial charge in [-0.3, -0.25) is 4.79 Å². The molecule has 1 saturated carbocycles. The molecule has 4 rings (SSSR count). The Bertz CT molecular complexity index is 868. The van der Waals surface area contributed by atoms with E-state index in [1.807, 2.05) is 0 Å². The first-order valence-electron chi connectivity index (χ1n) is 11.3. The van der Waals surface area contributed by atoms with Gasteiger partial charge in [-0.1, -0.05) is 40.0 Å². The van der Waals surface area contributed by atoms with Crippen molar-refractivity contribution in [1.82, 2.24) is 9.97 Å². The number of thiophene rings is 1. The van der Waals surface area contributed by atoms with Gasteiger partial charge >= 0.3 is 0 Å². The number of aromatic nitrogens is 2. The fraction of sp³-hybridized carbons (Fsp3) is 0.739. The van der Waals surface area contributed by atoms with Crippen molar-refractivity contribution in [3.63, 3.8) is 0 Å². The van der Waals surface area contributed by atoms with Crippen molar-refractivity contribution in [2.24, 2.45) is 11.3 Å². The summed E-state index contributed by atoms with van der Waals surface area (Å²) >= 11 is 1.77. The highest BCUT2D eigenvalue weighted by molar-refractivity contribution is 7.18. The lowest BCUT2D eigenvalue weighted by atomic mass is 9.72. The third kappa shape index (κ3) is 4.35. The van der Waals surface area contributed by atoms with Crippen molar-refractivity contribution in [3.05, 3.63) is 26.6 Å². The average molecular weight is 403 g/mol. The third-order valence-corrected chi connectivity index (χ3v) is 8.14. The van der Waals surface area contributed by atoms with Crippen molar-refractivity contribution in [3.8, 4) is 0 Å². The summed E-state index contributed by atoms with van der Waals surface area (Å²) in [5, 5.41) is 3.29. The van der Waals surface area contributed by atoms with E-state index < -0.39 is 0 Å². The van der Waals surface area contributed by atoms with Crippen LogP contribution in [-0.4, -0.2) is 16.0 Å². The molecule has 3 N–H and O–H groups in total. The number of hydrogen-bond donors (Lipinski definition) is 2. The Morgan fingerprint density at radius 3 is 2.54 bits per heavy atom. The maximum Gasteiger partial charge on any atom is 0.260 e. The molecule has 1 atom stereocenters. The van der Waals surface area contributed by atoms with Crippen molar-refractivity contribution in [2.45, 2.75) is 97.6 Å². The highest BCUT2D eigenvalue weighted by Crippen LogP contribution is 2.41. The van der Waals surface area contributed by atoms with Gasteiger partial charge < -0.3 is 10.3 Å². The quantitative estimate of drug-likeness (QED) is 0.803. The Labute approximate surface area is 172 Å². The minimum atomic E-state index is 0.0813. The van der Waals surface area contributed by atoms with Crippen molar-refractivity contribution >= 4 is 21.6 Å². The molecule has 28 heavy (non-hydrogen) atoms. The normalized spacial score (nSPS) is 22.0. The van der Waals surface area contributed by atoms with Gasteiger partial charge in [0.2, 0.25) is 0 Å². The van der Waals surface area contributed by atoms with Crippen LogP contribution in [0.2, 0.25) is 0 Å². The van der Waals surface area contributed by atoms with Crippen molar-refractivity contribution in [1.29, 1.82) is 0 Å². The molecule has 0 saturated heterocycles. The van der Waals surface area contributed by atoms with Gasteiger partial charge in [0, 0.05) is 4.88 Å². The highest BCUT2D eigenvalue weighted by Gasteiger charge is 2.31. The van der Waals surface area contributed by atoms with E-state index in [0.717, 1.165) is 35.4 Å². The summed E-state index contributed by atoms with van der Waals surface area (Å²) in [5.74, 6) is 1.55. The van der Waals surface area contributed by atoms with Gasteiger partial charge in [-0.05, 0) is 61.8 Å². The molecule has 0 aliphatic heterocycles. The number of nitrogens with two attached hydrogens (primary N) is 1. The molecule has 1 fully saturated rings. The molecule has 2 aliphatic carbocycles. The van der Waals surface area contributed by atoms with E-state index in [-0.39, 0.29) is 5.56 Å². The molecule has 0 amide bonds. The fourth-order valence-electron chi connectivity index (χ4n) is 5.07.